The van der Waals surface area contributed by atoms with Crippen LogP contribution in [-0.2, 0) is 6.61 Å². The quantitative estimate of drug-likeness (QED) is 0.434. The Labute approximate surface area is 178 Å². The van der Waals surface area contributed by atoms with E-state index in [1.54, 1.807) is 26.2 Å². The first-order chi connectivity index (χ1) is 14.0. The van der Waals surface area contributed by atoms with Gasteiger partial charge in [0.05, 0.1) is 24.0 Å². The summed E-state index contributed by atoms with van der Waals surface area (Å²) in [5, 5.41) is 5.55. The molecule has 150 valence electrons. The first-order valence-electron chi connectivity index (χ1n) is 8.79. The van der Waals surface area contributed by atoms with Crippen molar-refractivity contribution in [1.29, 1.82) is 0 Å². The molecule has 6 nitrogen and oxygen atoms in total. The van der Waals surface area contributed by atoms with Gasteiger partial charge in [-0.05, 0) is 43.7 Å². The number of nitrogens with zero attached hydrogens (tertiary/aromatic N) is 2. The van der Waals surface area contributed by atoms with Crippen molar-refractivity contribution in [2.24, 2.45) is 5.10 Å². The molecule has 0 aliphatic carbocycles. The number of aromatic nitrogens is 1. The average Bonchev–Trinajstić information content (AvgIpc) is 3.04. The molecule has 0 bridgehead atoms. The van der Waals surface area contributed by atoms with E-state index in [2.05, 4.69) is 15.5 Å². The molecule has 0 aliphatic rings. The highest BCUT2D eigenvalue weighted by Crippen LogP contribution is 2.31. The summed E-state index contributed by atoms with van der Waals surface area (Å²) in [4.78, 5) is 17.1. The van der Waals surface area contributed by atoms with E-state index < -0.39 is 0 Å². The fraction of sp³-hybridized carbons (Fsp3) is 0.190. The lowest BCUT2D eigenvalue weighted by Crippen LogP contribution is -2.17. The van der Waals surface area contributed by atoms with Gasteiger partial charge in [-0.1, -0.05) is 29.8 Å². The molecule has 1 N–H and O–H groups in total. The van der Waals surface area contributed by atoms with Crippen LogP contribution in [0.4, 0.5) is 0 Å². The third-order valence-corrected chi connectivity index (χ3v) is 5.29. The Balaban J connectivity index is 1.75. The van der Waals surface area contributed by atoms with E-state index >= 15 is 0 Å². The molecule has 0 saturated heterocycles. The van der Waals surface area contributed by atoms with Crippen molar-refractivity contribution < 1.29 is 14.3 Å². The second-order valence-corrected chi connectivity index (χ2v) is 7.78. The van der Waals surface area contributed by atoms with Crippen molar-refractivity contribution in [3.63, 3.8) is 0 Å². The predicted octanol–water partition coefficient (Wildman–Crippen LogP) is 4.76. The van der Waals surface area contributed by atoms with E-state index in [9.17, 15) is 4.79 Å². The lowest BCUT2D eigenvalue weighted by molar-refractivity contribution is 0.0958. The van der Waals surface area contributed by atoms with Crippen LogP contribution in [0.1, 0.15) is 31.5 Å². The number of hydrogen-bond acceptors (Lipinski definition) is 6. The Morgan fingerprint density at radius 2 is 2.07 bits per heavy atom. The van der Waals surface area contributed by atoms with Crippen LogP contribution in [0.5, 0.6) is 11.5 Å². The van der Waals surface area contributed by atoms with Crippen molar-refractivity contribution in [1.82, 2.24) is 10.4 Å². The number of amides is 1. The summed E-state index contributed by atoms with van der Waals surface area (Å²) in [5.74, 6) is 0.794. The van der Waals surface area contributed by atoms with Gasteiger partial charge in [0.15, 0.2) is 11.5 Å². The van der Waals surface area contributed by atoms with Gasteiger partial charge in [0.25, 0.3) is 5.91 Å². The second kappa shape index (κ2) is 9.54. The van der Waals surface area contributed by atoms with Crippen molar-refractivity contribution in [3.8, 4) is 11.5 Å². The molecular weight excluding hydrogens is 410 g/mol. The van der Waals surface area contributed by atoms with Gasteiger partial charge < -0.3 is 9.47 Å². The smallest absolute Gasteiger partial charge is 0.283 e. The van der Waals surface area contributed by atoms with E-state index in [0.29, 0.717) is 39.3 Å². The number of hydrazone groups is 1. The molecule has 3 rings (SSSR count). The lowest BCUT2D eigenvalue weighted by Gasteiger charge is -2.13. The minimum Gasteiger partial charge on any atom is -0.493 e. The highest BCUT2D eigenvalue weighted by molar-refractivity contribution is 7.13. The SMILES string of the molecule is COc1cccc(/C=N/NC(=O)c2sc(C)nc2C)c1OCc1cccc(Cl)c1. The number of para-hydroxylation sites is 1. The van der Waals surface area contributed by atoms with Gasteiger partial charge in [-0.2, -0.15) is 5.10 Å². The van der Waals surface area contributed by atoms with Gasteiger partial charge in [0.2, 0.25) is 0 Å². The fourth-order valence-corrected chi connectivity index (χ4v) is 3.71. The van der Waals surface area contributed by atoms with Crippen LogP contribution >= 0.6 is 22.9 Å². The van der Waals surface area contributed by atoms with Crippen LogP contribution < -0.4 is 14.9 Å². The Hall–Kier alpha value is -2.90. The zero-order valence-electron chi connectivity index (χ0n) is 16.2. The highest BCUT2D eigenvalue weighted by atomic mass is 35.5. The highest BCUT2D eigenvalue weighted by Gasteiger charge is 2.13. The zero-order chi connectivity index (χ0) is 20.8. The Kier molecular flexibility index (Phi) is 6.85. The number of aryl methyl sites for hydroxylation is 2. The maximum Gasteiger partial charge on any atom is 0.283 e. The Bertz CT molecular complexity index is 1050. The van der Waals surface area contributed by atoms with Gasteiger partial charge >= 0.3 is 0 Å². The minimum atomic E-state index is -0.298. The molecule has 2 aromatic carbocycles. The lowest BCUT2D eigenvalue weighted by atomic mass is 10.2. The Morgan fingerprint density at radius 1 is 1.28 bits per heavy atom. The molecule has 0 spiro atoms. The van der Waals surface area contributed by atoms with E-state index in [4.69, 9.17) is 21.1 Å². The van der Waals surface area contributed by atoms with Crippen LogP contribution in [0.2, 0.25) is 5.02 Å². The van der Waals surface area contributed by atoms with E-state index in [1.165, 1.54) is 17.6 Å². The third kappa shape index (κ3) is 5.34. The summed E-state index contributed by atoms with van der Waals surface area (Å²) in [6.45, 7) is 3.97. The van der Waals surface area contributed by atoms with Gasteiger partial charge in [0.1, 0.15) is 11.5 Å². The van der Waals surface area contributed by atoms with Crippen molar-refractivity contribution in [2.45, 2.75) is 20.5 Å². The molecule has 3 aromatic rings. The van der Waals surface area contributed by atoms with Crippen molar-refractivity contribution in [2.75, 3.05) is 7.11 Å². The molecule has 1 amide bonds. The summed E-state index contributed by atoms with van der Waals surface area (Å²) < 4.78 is 11.4. The number of thiazole rings is 1. The molecule has 0 aliphatic heterocycles. The number of hydrogen-bond donors (Lipinski definition) is 1. The molecule has 0 atom stereocenters. The second-order valence-electron chi connectivity index (χ2n) is 6.14. The predicted molar refractivity (Wildman–Crippen MR) is 115 cm³/mol. The van der Waals surface area contributed by atoms with E-state index in [1.807, 2.05) is 37.3 Å². The fourth-order valence-electron chi connectivity index (χ4n) is 2.69. The molecular formula is C21H20ClN3O3S. The number of methoxy groups -OCH3 is 1. The standard InChI is InChI=1S/C21H20ClN3O3S/c1-13-20(29-14(2)24-13)21(26)25-23-11-16-7-5-9-18(27-3)19(16)28-12-15-6-4-8-17(22)10-15/h4-11H,12H2,1-3H3,(H,25,26)/b23-11+. The third-order valence-electron chi connectivity index (χ3n) is 3.98. The number of ether oxygens (including phenoxy) is 2. The number of carbonyl (C=O) groups is 1. The maximum absolute atomic E-state index is 12.3. The van der Waals surface area contributed by atoms with E-state index in [-0.39, 0.29) is 5.91 Å². The summed E-state index contributed by atoms with van der Waals surface area (Å²) in [6.07, 6.45) is 1.52. The molecule has 0 radical (unpaired) electrons. The first-order valence-corrected chi connectivity index (χ1v) is 9.99. The average molecular weight is 430 g/mol. The Morgan fingerprint density at radius 3 is 2.76 bits per heavy atom. The van der Waals surface area contributed by atoms with Gasteiger partial charge in [-0.25, -0.2) is 10.4 Å². The summed E-state index contributed by atoms with van der Waals surface area (Å²) in [7, 11) is 1.57. The molecule has 29 heavy (non-hydrogen) atoms. The minimum absolute atomic E-state index is 0.298. The number of carbonyl (C=O) groups excluding carboxylic acids is 1. The van der Waals surface area contributed by atoms with Crippen molar-refractivity contribution >= 4 is 35.1 Å². The number of benzene rings is 2. The van der Waals surface area contributed by atoms with Crippen LogP contribution in [0.15, 0.2) is 47.6 Å². The zero-order valence-corrected chi connectivity index (χ0v) is 17.8. The molecule has 0 saturated carbocycles. The van der Waals surface area contributed by atoms with Crippen LogP contribution in [0, 0.1) is 13.8 Å². The van der Waals surface area contributed by atoms with Crippen LogP contribution in [-0.4, -0.2) is 24.2 Å². The number of halogens is 1. The monoisotopic (exact) mass is 429 g/mol. The van der Waals surface area contributed by atoms with E-state index in [0.717, 1.165) is 10.6 Å². The maximum atomic E-state index is 12.3. The van der Waals surface area contributed by atoms with Crippen LogP contribution in [0.3, 0.4) is 0 Å². The van der Waals surface area contributed by atoms with Gasteiger partial charge in [0, 0.05) is 10.6 Å². The topological polar surface area (TPSA) is 72.8 Å². The largest absolute Gasteiger partial charge is 0.493 e. The first kappa shape index (κ1) is 20.8. The summed E-state index contributed by atoms with van der Waals surface area (Å²) >= 11 is 7.36. The molecule has 1 heterocycles. The van der Waals surface area contributed by atoms with Crippen molar-refractivity contribution in [3.05, 3.63) is 74.2 Å². The summed E-state index contributed by atoms with van der Waals surface area (Å²) in [5.41, 5.74) is 4.82. The molecule has 0 fully saturated rings. The molecule has 1 aromatic heterocycles. The summed E-state index contributed by atoms with van der Waals surface area (Å²) in [6, 6.07) is 12.9. The number of rotatable bonds is 7. The van der Waals surface area contributed by atoms with Gasteiger partial charge in [-0.15, -0.1) is 11.3 Å². The number of nitrogens with one attached hydrogen (secondary N) is 1. The normalized spacial score (nSPS) is 10.9. The molecule has 0 unspecified atom stereocenters. The van der Waals surface area contributed by atoms with Gasteiger partial charge in [-0.3, -0.25) is 4.79 Å². The molecule has 8 heteroatoms. The van der Waals surface area contributed by atoms with Crippen LogP contribution in [0.25, 0.3) is 0 Å².